The number of urea groups is 1. The molecule has 3 amide bonds. The van der Waals surface area contributed by atoms with Crippen molar-refractivity contribution >= 4 is 23.5 Å². The highest BCUT2D eigenvalue weighted by molar-refractivity contribution is 6.00. The van der Waals surface area contributed by atoms with Crippen LogP contribution in [0.25, 0.3) is 0 Å². The van der Waals surface area contributed by atoms with Gasteiger partial charge in [-0.1, -0.05) is 12.1 Å². The molecule has 7 heteroatoms. The van der Waals surface area contributed by atoms with Crippen LogP contribution in [0.4, 0.5) is 21.0 Å². The van der Waals surface area contributed by atoms with Crippen molar-refractivity contribution in [2.45, 2.75) is 53.2 Å². The molecule has 0 saturated heterocycles. The minimum atomic E-state index is -0.516. The lowest BCUT2D eigenvalue weighted by atomic mass is 9.99. The lowest BCUT2D eigenvalue weighted by molar-refractivity contribution is 0.0224. The van der Waals surface area contributed by atoms with Crippen LogP contribution in [0.5, 0.6) is 5.75 Å². The Kier molecular flexibility index (Phi) is 6.73. The smallest absolute Gasteiger partial charge is 0.410 e. The average molecular weight is 426 g/mol. The van der Waals surface area contributed by atoms with Crippen LogP contribution in [0.3, 0.4) is 0 Å². The summed E-state index contributed by atoms with van der Waals surface area (Å²) in [4.78, 5) is 26.6. The number of benzene rings is 2. The third kappa shape index (κ3) is 6.13. The van der Waals surface area contributed by atoms with Gasteiger partial charge in [-0.25, -0.2) is 9.59 Å². The van der Waals surface area contributed by atoms with Gasteiger partial charge in [-0.15, -0.1) is 0 Å². The van der Waals surface area contributed by atoms with Gasteiger partial charge in [-0.2, -0.15) is 0 Å². The third-order valence-electron chi connectivity index (χ3n) is 4.81. The Hall–Kier alpha value is -3.22. The summed E-state index contributed by atoms with van der Waals surface area (Å²) in [6, 6.07) is 11.1. The molecule has 0 atom stereocenters. The van der Waals surface area contributed by atoms with E-state index in [1.165, 1.54) is 0 Å². The average Bonchev–Trinajstić information content (AvgIpc) is 2.68. The highest BCUT2D eigenvalue weighted by Crippen LogP contribution is 2.27. The molecule has 166 valence electrons. The minimum absolute atomic E-state index is 0.303. The maximum absolute atomic E-state index is 12.5. The summed E-state index contributed by atoms with van der Waals surface area (Å²) in [5, 5.41) is 5.75. The van der Waals surface area contributed by atoms with Gasteiger partial charge in [0.05, 0.1) is 12.3 Å². The fraction of sp³-hybridized carbons (Fsp3) is 0.417. The first-order chi connectivity index (χ1) is 14.6. The van der Waals surface area contributed by atoms with E-state index in [0.717, 1.165) is 16.7 Å². The zero-order valence-electron chi connectivity index (χ0n) is 18.9. The summed E-state index contributed by atoms with van der Waals surface area (Å²) in [6.07, 6.45) is 0.404. The standard InChI is InChI=1S/C24H31N3O4/c1-6-30-21-10-7-16(2)13-20(21)26-22(28)25-19-9-8-18-15-27(12-11-17(18)14-19)23(29)31-24(3,4)5/h7-10,13-14H,6,11-12,15H2,1-5H3,(H2,25,26,28). The molecule has 0 unspecified atom stereocenters. The second kappa shape index (κ2) is 9.29. The number of carbonyl (C=O) groups excluding carboxylic acids is 2. The highest BCUT2D eigenvalue weighted by atomic mass is 16.6. The summed E-state index contributed by atoms with van der Waals surface area (Å²) in [7, 11) is 0. The molecule has 0 fully saturated rings. The van der Waals surface area contributed by atoms with E-state index in [4.69, 9.17) is 9.47 Å². The quantitative estimate of drug-likeness (QED) is 0.694. The number of ether oxygens (including phenoxy) is 2. The Morgan fingerprint density at radius 2 is 1.84 bits per heavy atom. The summed E-state index contributed by atoms with van der Waals surface area (Å²) in [6.45, 7) is 11.0. The predicted molar refractivity (Wildman–Crippen MR) is 122 cm³/mol. The molecule has 2 N–H and O–H groups in total. The van der Waals surface area contributed by atoms with Crippen LogP contribution in [0, 0.1) is 6.92 Å². The number of rotatable bonds is 4. The van der Waals surface area contributed by atoms with Crippen LogP contribution in [-0.2, 0) is 17.7 Å². The molecule has 0 radical (unpaired) electrons. The van der Waals surface area contributed by atoms with Gasteiger partial charge in [0.25, 0.3) is 0 Å². The maximum atomic E-state index is 12.5. The summed E-state index contributed by atoms with van der Waals surface area (Å²) in [5.74, 6) is 0.635. The SMILES string of the molecule is CCOc1ccc(C)cc1NC(=O)Nc1ccc2c(c1)CCN(C(=O)OC(C)(C)C)C2. The van der Waals surface area contributed by atoms with Crippen LogP contribution in [0.15, 0.2) is 36.4 Å². The molecule has 0 aliphatic carbocycles. The van der Waals surface area contributed by atoms with Crippen molar-refractivity contribution in [2.24, 2.45) is 0 Å². The van der Waals surface area contributed by atoms with E-state index in [1.807, 2.05) is 71.0 Å². The molecular weight excluding hydrogens is 394 g/mol. The van der Waals surface area contributed by atoms with Crippen molar-refractivity contribution in [1.82, 2.24) is 4.90 Å². The van der Waals surface area contributed by atoms with E-state index in [2.05, 4.69) is 10.6 Å². The van der Waals surface area contributed by atoms with Crippen molar-refractivity contribution in [1.29, 1.82) is 0 Å². The topological polar surface area (TPSA) is 79.9 Å². The van der Waals surface area contributed by atoms with Gasteiger partial charge in [0.15, 0.2) is 0 Å². The number of amides is 3. The van der Waals surface area contributed by atoms with Crippen molar-refractivity contribution in [3.05, 3.63) is 53.1 Å². The Labute approximate surface area is 183 Å². The zero-order valence-corrected chi connectivity index (χ0v) is 18.9. The van der Waals surface area contributed by atoms with Crippen molar-refractivity contribution in [2.75, 3.05) is 23.8 Å². The van der Waals surface area contributed by atoms with E-state index >= 15 is 0 Å². The second-order valence-corrected chi connectivity index (χ2v) is 8.65. The number of aryl methyl sites for hydroxylation is 1. The van der Waals surface area contributed by atoms with E-state index in [-0.39, 0.29) is 12.1 Å². The fourth-order valence-corrected chi connectivity index (χ4v) is 3.42. The normalized spacial score (nSPS) is 13.3. The van der Waals surface area contributed by atoms with E-state index in [9.17, 15) is 9.59 Å². The number of nitrogens with one attached hydrogen (secondary N) is 2. The van der Waals surface area contributed by atoms with Gasteiger partial charge in [0.2, 0.25) is 0 Å². The molecule has 0 saturated carbocycles. The first kappa shape index (κ1) is 22.5. The van der Waals surface area contributed by atoms with E-state index < -0.39 is 5.60 Å². The summed E-state index contributed by atoms with van der Waals surface area (Å²) < 4.78 is 11.1. The number of hydrogen-bond acceptors (Lipinski definition) is 4. The molecule has 0 aromatic heterocycles. The van der Waals surface area contributed by atoms with Gasteiger partial charge in [-0.05, 0) is 82.0 Å². The lowest BCUT2D eigenvalue weighted by Crippen LogP contribution is -2.39. The number of anilines is 2. The van der Waals surface area contributed by atoms with Crippen molar-refractivity contribution < 1.29 is 19.1 Å². The molecule has 31 heavy (non-hydrogen) atoms. The predicted octanol–water partition coefficient (Wildman–Crippen LogP) is 5.33. The number of carbonyl (C=O) groups is 2. The molecule has 3 rings (SSSR count). The van der Waals surface area contributed by atoms with Gasteiger partial charge in [-0.3, -0.25) is 0 Å². The van der Waals surface area contributed by atoms with Crippen molar-refractivity contribution in [3.8, 4) is 5.75 Å². The van der Waals surface area contributed by atoms with Crippen LogP contribution in [0.2, 0.25) is 0 Å². The van der Waals surface area contributed by atoms with Gasteiger partial charge >= 0.3 is 12.1 Å². The van der Waals surface area contributed by atoms with Crippen LogP contribution in [0.1, 0.15) is 44.4 Å². The lowest BCUT2D eigenvalue weighted by Gasteiger charge is -2.31. The molecule has 1 aliphatic rings. The van der Waals surface area contributed by atoms with Gasteiger partial charge in [0, 0.05) is 18.8 Å². The fourth-order valence-electron chi connectivity index (χ4n) is 3.42. The molecule has 1 heterocycles. The molecule has 2 aromatic carbocycles. The molecular formula is C24H31N3O4. The van der Waals surface area contributed by atoms with Crippen molar-refractivity contribution in [3.63, 3.8) is 0 Å². The number of nitrogens with zero attached hydrogens (tertiary/aromatic N) is 1. The van der Waals surface area contributed by atoms with Crippen LogP contribution >= 0.6 is 0 Å². The Morgan fingerprint density at radius 1 is 1.06 bits per heavy atom. The molecule has 1 aliphatic heterocycles. The molecule has 2 aromatic rings. The third-order valence-corrected chi connectivity index (χ3v) is 4.81. The van der Waals surface area contributed by atoms with Crippen LogP contribution < -0.4 is 15.4 Å². The number of hydrogen-bond donors (Lipinski definition) is 2. The summed E-state index contributed by atoms with van der Waals surface area (Å²) in [5.41, 5.74) is 4.01. The minimum Gasteiger partial charge on any atom is -0.492 e. The van der Waals surface area contributed by atoms with E-state index in [0.29, 0.717) is 43.2 Å². The highest BCUT2D eigenvalue weighted by Gasteiger charge is 2.25. The first-order valence-electron chi connectivity index (χ1n) is 10.6. The zero-order chi connectivity index (χ0) is 22.6. The Bertz CT molecular complexity index is 966. The van der Waals surface area contributed by atoms with Gasteiger partial charge < -0.3 is 25.0 Å². The van der Waals surface area contributed by atoms with E-state index in [1.54, 1.807) is 4.90 Å². The van der Waals surface area contributed by atoms with Crippen LogP contribution in [-0.4, -0.2) is 35.8 Å². The first-order valence-corrected chi connectivity index (χ1v) is 10.6. The Balaban J connectivity index is 1.64. The second-order valence-electron chi connectivity index (χ2n) is 8.65. The molecule has 0 spiro atoms. The largest absolute Gasteiger partial charge is 0.492 e. The van der Waals surface area contributed by atoms with Gasteiger partial charge in [0.1, 0.15) is 11.4 Å². The number of fused-ring (bicyclic) bond motifs is 1. The molecule has 7 nitrogen and oxygen atoms in total. The summed E-state index contributed by atoms with van der Waals surface area (Å²) >= 11 is 0. The monoisotopic (exact) mass is 425 g/mol. The maximum Gasteiger partial charge on any atom is 0.410 e. The Morgan fingerprint density at radius 3 is 2.55 bits per heavy atom. The molecule has 0 bridgehead atoms.